The van der Waals surface area contributed by atoms with Crippen molar-refractivity contribution in [1.82, 2.24) is 0 Å². The lowest BCUT2D eigenvalue weighted by Crippen LogP contribution is -2.35. The first-order valence-electron chi connectivity index (χ1n) is 6.40. The van der Waals surface area contributed by atoms with E-state index in [9.17, 15) is 9.00 Å². The van der Waals surface area contributed by atoms with Gasteiger partial charge in [-0.15, -0.1) is 12.4 Å². The van der Waals surface area contributed by atoms with Gasteiger partial charge in [0, 0.05) is 28.5 Å². The summed E-state index contributed by atoms with van der Waals surface area (Å²) in [6.07, 6.45) is 3.22. The molecule has 0 aliphatic heterocycles. The summed E-state index contributed by atoms with van der Waals surface area (Å²) in [4.78, 5) is 11.9. The number of amides is 1. The van der Waals surface area contributed by atoms with Gasteiger partial charge in [0.1, 0.15) is 0 Å². The van der Waals surface area contributed by atoms with Crippen molar-refractivity contribution in [1.29, 1.82) is 0 Å². The molecule has 2 unspecified atom stereocenters. The minimum absolute atomic E-state index is 0. The number of rotatable bonds is 6. The third kappa shape index (κ3) is 5.61. The van der Waals surface area contributed by atoms with Crippen molar-refractivity contribution >= 4 is 34.8 Å². The maximum Gasteiger partial charge on any atom is 0.241 e. The molecule has 114 valence electrons. The van der Waals surface area contributed by atoms with Gasteiger partial charge < -0.3 is 11.1 Å². The van der Waals surface area contributed by atoms with Crippen LogP contribution in [0.15, 0.2) is 18.2 Å². The van der Waals surface area contributed by atoms with Crippen LogP contribution >= 0.6 is 12.4 Å². The van der Waals surface area contributed by atoms with E-state index in [-0.39, 0.29) is 18.3 Å². The lowest BCUT2D eigenvalue weighted by molar-refractivity contribution is -0.117. The normalized spacial score (nSPS) is 13.2. The van der Waals surface area contributed by atoms with Crippen molar-refractivity contribution in [3.63, 3.8) is 0 Å². The Labute approximate surface area is 129 Å². The van der Waals surface area contributed by atoms with E-state index in [1.807, 2.05) is 32.0 Å². The lowest BCUT2D eigenvalue weighted by Gasteiger charge is -2.15. The van der Waals surface area contributed by atoms with Gasteiger partial charge in [-0.2, -0.15) is 0 Å². The fourth-order valence-corrected chi connectivity index (χ4v) is 2.61. The van der Waals surface area contributed by atoms with E-state index in [1.54, 1.807) is 6.26 Å². The Morgan fingerprint density at radius 2 is 2.10 bits per heavy atom. The maximum atomic E-state index is 11.9. The quantitative estimate of drug-likeness (QED) is 0.845. The molecule has 1 rings (SSSR count). The van der Waals surface area contributed by atoms with E-state index in [2.05, 4.69) is 5.32 Å². The molecule has 6 heteroatoms. The van der Waals surface area contributed by atoms with Crippen molar-refractivity contribution in [3.05, 3.63) is 29.3 Å². The smallest absolute Gasteiger partial charge is 0.241 e. The van der Waals surface area contributed by atoms with E-state index in [0.29, 0.717) is 12.2 Å². The minimum atomic E-state index is -0.897. The standard InChI is InChI=1S/C14H22N2O2S.ClH/c1-4-6-12(15)14(17)16-13-8-5-7-11(10(13)2)9-19(3)18;/h5,7-8,12H,4,6,9,15H2,1-3H3,(H,16,17);1H. The number of anilines is 1. The van der Waals surface area contributed by atoms with Crippen molar-refractivity contribution in [3.8, 4) is 0 Å². The highest BCUT2D eigenvalue weighted by Crippen LogP contribution is 2.20. The Morgan fingerprint density at radius 1 is 1.45 bits per heavy atom. The molecule has 20 heavy (non-hydrogen) atoms. The minimum Gasteiger partial charge on any atom is -0.324 e. The Kier molecular flexibility index (Phi) is 8.69. The number of benzene rings is 1. The fourth-order valence-electron chi connectivity index (χ4n) is 1.86. The molecule has 0 bridgehead atoms. The van der Waals surface area contributed by atoms with Crippen molar-refractivity contribution in [2.45, 2.75) is 38.5 Å². The molecule has 1 aromatic carbocycles. The van der Waals surface area contributed by atoms with Gasteiger partial charge >= 0.3 is 0 Å². The van der Waals surface area contributed by atoms with Crippen LogP contribution in [0.3, 0.4) is 0 Å². The van der Waals surface area contributed by atoms with Crippen LogP contribution in [-0.2, 0) is 21.3 Å². The summed E-state index contributed by atoms with van der Waals surface area (Å²) >= 11 is 0. The van der Waals surface area contributed by atoms with Crippen LogP contribution in [0.1, 0.15) is 30.9 Å². The van der Waals surface area contributed by atoms with Gasteiger partial charge in [0.2, 0.25) is 5.91 Å². The summed E-state index contributed by atoms with van der Waals surface area (Å²) in [5.41, 5.74) is 8.48. The summed E-state index contributed by atoms with van der Waals surface area (Å²) in [6.45, 7) is 3.92. The average molecular weight is 319 g/mol. The Morgan fingerprint density at radius 3 is 2.65 bits per heavy atom. The molecule has 1 amide bonds. The third-order valence-corrected chi connectivity index (χ3v) is 3.72. The van der Waals surface area contributed by atoms with Gasteiger partial charge in [0.05, 0.1) is 6.04 Å². The van der Waals surface area contributed by atoms with Crippen LogP contribution in [0.2, 0.25) is 0 Å². The molecule has 0 aliphatic rings. The van der Waals surface area contributed by atoms with Crippen LogP contribution in [0.5, 0.6) is 0 Å². The molecule has 3 N–H and O–H groups in total. The van der Waals surface area contributed by atoms with Crippen molar-refractivity contribution in [2.75, 3.05) is 11.6 Å². The van der Waals surface area contributed by atoms with E-state index in [1.165, 1.54) is 0 Å². The SMILES string of the molecule is CCCC(N)C(=O)Nc1cccc(CS(C)=O)c1C.Cl. The first-order chi connectivity index (χ1) is 8.95. The van der Waals surface area contributed by atoms with Gasteiger partial charge in [-0.05, 0) is 30.5 Å². The topological polar surface area (TPSA) is 72.2 Å². The second kappa shape index (κ2) is 9.10. The molecule has 0 heterocycles. The Bertz CT molecular complexity index is 480. The number of hydrogen-bond donors (Lipinski definition) is 2. The molecule has 4 nitrogen and oxygen atoms in total. The molecule has 0 saturated carbocycles. The summed E-state index contributed by atoms with van der Waals surface area (Å²) < 4.78 is 11.3. The molecule has 0 radical (unpaired) electrons. The van der Waals surface area contributed by atoms with Crippen LogP contribution in [0.25, 0.3) is 0 Å². The highest BCUT2D eigenvalue weighted by molar-refractivity contribution is 7.83. The second-order valence-corrected chi connectivity index (χ2v) is 6.13. The van der Waals surface area contributed by atoms with Crippen LogP contribution in [0, 0.1) is 6.92 Å². The Balaban J connectivity index is 0.00000361. The number of carbonyl (C=O) groups excluding carboxylic acids is 1. The van der Waals surface area contributed by atoms with E-state index in [4.69, 9.17) is 5.73 Å². The number of nitrogens with one attached hydrogen (secondary N) is 1. The predicted molar refractivity (Wildman–Crippen MR) is 87.7 cm³/mol. The zero-order valence-electron chi connectivity index (χ0n) is 12.1. The number of hydrogen-bond acceptors (Lipinski definition) is 3. The fraction of sp³-hybridized carbons (Fsp3) is 0.500. The van der Waals surface area contributed by atoms with E-state index in [0.717, 1.165) is 23.2 Å². The lowest BCUT2D eigenvalue weighted by atomic mass is 10.1. The van der Waals surface area contributed by atoms with E-state index < -0.39 is 16.8 Å². The van der Waals surface area contributed by atoms with Crippen LogP contribution < -0.4 is 11.1 Å². The maximum absolute atomic E-state index is 11.9. The van der Waals surface area contributed by atoms with Crippen LogP contribution in [0.4, 0.5) is 5.69 Å². The molecular weight excluding hydrogens is 296 g/mol. The largest absolute Gasteiger partial charge is 0.324 e. The highest BCUT2D eigenvalue weighted by atomic mass is 35.5. The number of carbonyl (C=O) groups is 1. The molecule has 0 fully saturated rings. The number of nitrogens with two attached hydrogens (primary N) is 1. The van der Waals surface area contributed by atoms with Gasteiger partial charge in [0.15, 0.2) is 0 Å². The zero-order chi connectivity index (χ0) is 14.4. The van der Waals surface area contributed by atoms with Crippen LogP contribution in [-0.4, -0.2) is 22.4 Å². The second-order valence-electron chi connectivity index (χ2n) is 4.69. The number of halogens is 1. The first-order valence-corrected chi connectivity index (χ1v) is 8.13. The molecule has 1 aromatic rings. The summed E-state index contributed by atoms with van der Waals surface area (Å²) in [6, 6.07) is 5.15. The van der Waals surface area contributed by atoms with Gasteiger partial charge in [0.25, 0.3) is 0 Å². The molecule has 0 spiro atoms. The molecule has 0 aromatic heterocycles. The summed E-state index contributed by atoms with van der Waals surface area (Å²) in [7, 11) is -0.897. The zero-order valence-corrected chi connectivity index (χ0v) is 13.8. The molecule has 2 atom stereocenters. The predicted octanol–water partition coefficient (Wildman–Crippen LogP) is 2.36. The van der Waals surface area contributed by atoms with Gasteiger partial charge in [-0.3, -0.25) is 9.00 Å². The van der Waals surface area contributed by atoms with Gasteiger partial charge in [-0.1, -0.05) is 25.5 Å². The van der Waals surface area contributed by atoms with Crippen molar-refractivity contribution < 1.29 is 9.00 Å². The van der Waals surface area contributed by atoms with E-state index >= 15 is 0 Å². The van der Waals surface area contributed by atoms with Gasteiger partial charge in [-0.25, -0.2) is 0 Å². The molecule has 0 aliphatic carbocycles. The first kappa shape index (κ1) is 19.1. The highest BCUT2D eigenvalue weighted by Gasteiger charge is 2.14. The summed E-state index contributed by atoms with van der Waals surface area (Å²) in [5.74, 6) is 0.330. The average Bonchev–Trinajstić information content (AvgIpc) is 2.34. The third-order valence-electron chi connectivity index (χ3n) is 3.00. The Hall–Kier alpha value is -0.910. The molecular formula is C14H23ClN2O2S. The molecule has 0 saturated heterocycles. The van der Waals surface area contributed by atoms with Crippen molar-refractivity contribution in [2.24, 2.45) is 5.73 Å². The summed E-state index contributed by atoms with van der Waals surface area (Å²) in [5, 5.41) is 2.85. The monoisotopic (exact) mass is 318 g/mol.